The zero-order valence-corrected chi connectivity index (χ0v) is 15.7. The highest BCUT2D eigenvalue weighted by Gasteiger charge is 2.11. The summed E-state index contributed by atoms with van der Waals surface area (Å²) in [7, 11) is 3.24. The second kappa shape index (κ2) is 8.05. The van der Waals surface area contributed by atoms with Gasteiger partial charge in [0, 0.05) is 18.7 Å². The molecule has 0 saturated carbocycles. The van der Waals surface area contributed by atoms with E-state index in [-0.39, 0.29) is 5.91 Å². The third-order valence-corrected chi connectivity index (χ3v) is 4.63. The van der Waals surface area contributed by atoms with E-state index in [4.69, 9.17) is 13.9 Å². The molecule has 1 aromatic carbocycles. The maximum absolute atomic E-state index is 11.0. The quantitative estimate of drug-likeness (QED) is 0.685. The Morgan fingerprint density at radius 3 is 2.73 bits per heavy atom. The number of hydrogen-bond donors (Lipinski definition) is 1. The van der Waals surface area contributed by atoms with Crippen LogP contribution in [0.1, 0.15) is 23.3 Å². The fourth-order valence-electron chi connectivity index (χ4n) is 2.49. The summed E-state index contributed by atoms with van der Waals surface area (Å²) in [6, 6.07) is 9.56. The van der Waals surface area contributed by atoms with Crippen molar-refractivity contribution in [2.45, 2.75) is 19.9 Å². The lowest BCUT2D eigenvalue weighted by Crippen LogP contribution is -2.18. The largest absolute Gasteiger partial charge is 0.493 e. The third kappa shape index (κ3) is 4.23. The maximum Gasteiger partial charge on any atom is 0.217 e. The summed E-state index contributed by atoms with van der Waals surface area (Å²) in [6.07, 6.45) is 0.699. The van der Waals surface area contributed by atoms with Crippen LogP contribution in [0.4, 0.5) is 0 Å². The molecule has 136 valence electrons. The number of benzene rings is 1. The van der Waals surface area contributed by atoms with Crippen molar-refractivity contribution in [1.82, 2.24) is 10.3 Å². The van der Waals surface area contributed by atoms with Crippen LogP contribution in [0.2, 0.25) is 0 Å². The monoisotopic (exact) mass is 372 g/mol. The summed E-state index contributed by atoms with van der Waals surface area (Å²) >= 11 is 1.58. The van der Waals surface area contributed by atoms with Gasteiger partial charge in [0.2, 0.25) is 5.91 Å². The van der Waals surface area contributed by atoms with E-state index < -0.39 is 0 Å². The molecule has 0 spiro atoms. The predicted molar refractivity (Wildman–Crippen MR) is 99.7 cm³/mol. The average molecular weight is 372 g/mol. The average Bonchev–Trinajstić information content (AvgIpc) is 3.29. The van der Waals surface area contributed by atoms with Crippen molar-refractivity contribution in [3.05, 3.63) is 52.0 Å². The van der Waals surface area contributed by atoms with Crippen LogP contribution < -0.4 is 14.8 Å². The molecule has 0 atom stereocenters. The van der Waals surface area contributed by atoms with Crippen molar-refractivity contribution in [3.63, 3.8) is 0 Å². The number of carbonyl (C=O) groups is 1. The summed E-state index contributed by atoms with van der Waals surface area (Å²) in [4.78, 5) is 15.6. The van der Waals surface area contributed by atoms with E-state index in [2.05, 4.69) is 10.3 Å². The first kappa shape index (κ1) is 18.0. The molecule has 1 amide bonds. The first-order valence-electron chi connectivity index (χ1n) is 8.08. The van der Waals surface area contributed by atoms with E-state index in [1.165, 1.54) is 6.92 Å². The number of methoxy groups -OCH3 is 2. The number of hydrogen-bond acceptors (Lipinski definition) is 6. The van der Waals surface area contributed by atoms with Gasteiger partial charge < -0.3 is 19.2 Å². The van der Waals surface area contributed by atoms with Crippen LogP contribution in [-0.4, -0.2) is 25.1 Å². The number of rotatable bonds is 7. The molecule has 3 aromatic rings. The van der Waals surface area contributed by atoms with Crippen LogP contribution in [0.3, 0.4) is 0 Å². The minimum atomic E-state index is -0.0891. The van der Waals surface area contributed by atoms with Gasteiger partial charge in [0.25, 0.3) is 0 Å². The van der Waals surface area contributed by atoms with Crippen LogP contribution >= 0.6 is 11.3 Å². The normalized spacial score (nSPS) is 10.6. The van der Waals surface area contributed by atoms with Gasteiger partial charge in [-0.15, -0.1) is 11.3 Å². The predicted octanol–water partition coefficient (Wildman–Crippen LogP) is 3.65. The van der Waals surface area contributed by atoms with Gasteiger partial charge in [-0.05, 0) is 29.8 Å². The van der Waals surface area contributed by atoms with E-state index in [0.717, 1.165) is 16.3 Å². The molecule has 26 heavy (non-hydrogen) atoms. The zero-order valence-electron chi connectivity index (χ0n) is 14.9. The van der Waals surface area contributed by atoms with Gasteiger partial charge in [-0.3, -0.25) is 4.79 Å². The number of amides is 1. The summed E-state index contributed by atoms with van der Waals surface area (Å²) in [5.74, 6) is 2.72. The molecule has 2 heterocycles. The molecule has 0 radical (unpaired) electrons. The topological polar surface area (TPSA) is 73.6 Å². The standard InChI is InChI=1S/C19H20N2O4S/c1-12(22)20-10-14-5-7-16(25-14)15-11-26-19(21-15)9-13-4-6-17(23-2)18(8-13)24-3/h4-8,11H,9-10H2,1-3H3,(H,20,22). The molecule has 1 N–H and O–H groups in total. The Bertz CT molecular complexity index is 901. The molecule has 0 saturated heterocycles. The molecular weight excluding hydrogens is 352 g/mol. The zero-order chi connectivity index (χ0) is 18.5. The Morgan fingerprint density at radius 2 is 2.00 bits per heavy atom. The summed E-state index contributed by atoms with van der Waals surface area (Å²) in [5.41, 5.74) is 1.88. The van der Waals surface area contributed by atoms with Gasteiger partial charge in [0.05, 0.1) is 25.8 Å². The van der Waals surface area contributed by atoms with Gasteiger partial charge in [-0.25, -0.2) is 4.98 Å². The lowest BCUT2D eigenvalue weighted by molar-refractivity contribution is -0.119. The molecule has 2 aromatic heterocycles. The number of ether oxygens (including phenoxy) is 2. The van der Waals surface area contributed by atoms with Crippen LogP contribution in [0, 0.1) is 0 Å². The molecule has 0 bridgehead atoms. The number of furan rings is 1. The number of nitrogens with zero attached hydrogens (tertiary/aromatic N) is 1. The fraction of sp³-hybridized carbons (Fsp3) is 0.263. The minimum absolute atomic E-state index is 0.0891. The lowest BCUT2D eigenvalue weighted by atomic mass is 10.1. The van der Waals surface area contributed by atoms with E-state index >= 15 is 0 Å². The number of thiazole rings is 1. The van der Waals surface area contributed by atoms with Gasteiger partial charge in [0.1, 0.15) is 11.5 Å². The highest BCUT2D eigenvalue weighted by Crippen LogP contribution is 2.30. The minimum Gasteiger partial charge on any atom is -0.493 e. The number of carbonyl (C=O) groups excluding carboxylic acids is 1. The second-order valence-corrected chi connectivity index (χ2v) is 6.61. The molecule has 3 rings (SSSR count). The van der Waals surface area contributed by atoms with E-state index in [1.807, 2.05) is 35.7 Å². The van der Waals surface area contributed by atoms with Crippen molar-refractivity contribution < 1.29 is 18.7 Å². The summed E-state index contributed by atoms with van der Waals surface area (Å²) < 4.78 is 16.4. The molecule has 0 aliphatic heterocycles. The molecule has 0 aliphatic rings. The van der Waals surface area contributed by atoms with Crippen molar-refractivity contribution in [2.75, 3.05) is 14.2 Å². The van der Waals surface area contributed by atoms with E-state index in [1.54, 1.807) is 25.6 Å². The van der Waals surface area contributed by atoms with E-state index in [9.17, 15) is 4.79 Å². The van der Waals surface area contributed by atoms with E-state index in [0.29, 0.717) is 36.0 Å². The highest BCUT2D eigenvalue weighted by atomic mass is 32.1. The van der Waals surface area contributed by atoms with Crippen molar-refractivity contribution in [1.29, 1.82) is 0 Å². The first-order chi connectivity index (χ1) is 12.6. The molecule has 7 heteroatoms. The highest BCUT2D eigenvalue weighted by molar-refractivity contribution is 7.10. The fourth-order valence-corrected chi connectivity index (χ4v) is 3.31. The Kier molecular flexibility index (Phi) is 5.58. The number of nitrogens with one attached hydrogen (secondary N) is 1. The summed E-state index contributed by atoms with van der Waals surface area (Å²) in [5, 5.41) is 5.66. The first-order valence-corrected chi connectivity index (χ1v) is 8.96. The summed E-state index contributed by atoms with van der Waals surface area (Å²) in [6.45, 7) is 1.85. The van der Waals surface area contributed by atoms with Crippen molar-refractivity contribution in [2.24, 2.45) is 0 Å². The Morgan fingerprint density at radius 1 is 1.19 bits per heavy atom. The Balaban J connectivity index is 1.71. The van der Waals surface area contributed by atoms with Crippen molar-refractivity contribution in [3.8, 4) is 23.0 Å². The van der Waals surface area contributed by atoms with Crippen molar-refractivity contribution >= 4 is 17.2 Å². The SMILES string of the molecule is COc1ccc(Cc2nc(-c3ccc(CNC(C)=O)o3)cs2)cc1OC. The third-order valence-electron chi connectivity index (χ3n) is 3.78. The van der Waals surface area contributed by atoms with Crippen LogP contribution in [0.25, 0.3) is 11.5 Å². The molecule has 6 nitrogen and oxygen atoms in total. The molecular formula is C19H20N2O4S. The van der Waals surface area contributed by atoms with Gasteiger partial charge >= 0.3 is 0 Å². The molecule has 0 aliphatic carbocycles. The maximum atomic E-state index is 11.0. The molecule has 0 unspecified atom stereocenters. The Labute approximate surface area is 155 Å². The lowest BCUT2D eigenvalue weighted by Gasteiger charge is -2.08. The van der Waals surface area contributed by atoms with Crippen LogP contribution in [0.15, 0.2) is 40.1 Å². The van der Waals surface area contributed by atoms with Gasteiger partial charge in [-0.2, -0.15) is 0 Å². The van der Waals surface area contributed by atoms with Gasteiger partial charge in [0.15, 0.2) is 17.3 Å². The number of aromatic nitrogens is 1. The second-order valence-electron chi connectivity index (χ2n) is 5.67. The smallest absolute Gasteiger partial charge is 0.217 e. The van der Waals surface area contributed by atoms with Crippen LogP contribution in [0.5, 0.6) is 11.5 Å². The van der Waals surface area contributed by atoms with Crippen LogP contribution in [-0.2, 0) is 17.8 Å². The Hall–Kier alpha value is -2.80. The molecule has 0 fully saturated rings. The van der Waals surface area contributed by atoms with Gasteiger partial charge in [-0.1, -0.05) is 6.07 Å².